The van der Waals surface area contributed by atoms with Crippen molar-refractivity contribution in [1.29, 1.82) is 0 Å². The van der Waals surface area contributed by atoms with Crippen LogP contribution in [-0.4, -0.2) is 25.8 Å². The molecule has 148 valence electrons. The molecule has 1 heterocycles. The van der Waals surface area contributed by atoms with E-state index in [0.717, 1.165) is 11.1 Å². The zero-order chi connectivity index (χ0) is 20.7. The van der Waals surface area contributed by atoms with Gasteiger partial charge in [-0.2, -0.15) is 0 Å². The fraction of sp³-hybridized carbons (Fsp3) is 0.261. The first-order valence-corrected chi connectivity index (χ1v) is 9.63. The van der Waals surface area contributed by atoms with Crippen molar-refractivity contribution < 1.29 is 14.7 Å². The van der Waals surface area contributed by atoms with Gasteiger partial charge in [0.1, 0.15) is 11.3 Å². The van der Waals surface area contributed by atoms with E-state index < -0.39 is 0 Å². The van der Waals surface area contributed by atoms with Crippen LogP contribution >= 0.6 is 0 Å². The minimum absolute atomic E-state index is 0.119. The molecule has 0 radical (unpaired) electrons. The van der Waals surface area contributed by atoms with Crippen LogP contribution in [0, 0.1) is 6.92 Å². The average Bonchev–Trinajstić information content (AvgIpc) is 2.94. The van der Waals surface area contributed by atoms with Gasteiger partial charge in [0.25, 0.3) is 0 Å². The summed E-state index contributed by atoms with van der Waals surface area (Å²) in [5.74, 6) is -0.942. The molecule has 4 rings (SSSR count). The molecule has 1 N–H and O–H groups in total. The number of rotatable bonds is 3. The number of nitrogens with zero attached hydrogens (tertiary/aromatic N) is 2. The Hall–Kier alpha value is -3.41. The summed E-state index contributed by atoms with van der Waals surface area (Å²) in [6.45, 7) is 2.18. The van der Waals surface area contributed by atoms with Crippen LogP contribution < -0.4 is 5.69 Å². The van der Waals surface area contributed by atoms with E-state index in [4.69, 9.17) is 0 Å². The van der Waals surface area contributed by atoms with Crippen LogP contribution in [0.1, 0.15) is 36.0 Å². The molecule has 1 aliphatic carbocycles. The standard InChI is InChI=1S/C23H22N2O4/c1-14-16(22(28)20-18(26)9-6-10-19(20)27)11-12-17-21(14)25(23(29)24(17)2)13-15-7-4-3-5-8-15/h3-5,7-8,11-12,28H,6,9-10,13H2,1-2H3. The Labute approximate surface area is 167 Å². The lowest BCUT2D eigenvalue weighted by atomic mass is 9.89. The van der Waals surface area contributed by atoms with Gasteiger partial charge >= 0.3 is 5.69 Å². The molecule has 1 saturated carbocycles. The fourth-order valence-electron chi connectivity index (χ4n) is 4.06. The molecule has 0 unspecified atom stereocenters. The molecule has 0 bridgehead atoms. The number of aromatic nitrogens is 2. The van der Waals surface area contributed by atoms with Gasteiger partial charge in [0.05, 0.1) is 17.6 Å². The molecule has 1 fully saturated rings. The van der Waals surface area contributed by atoms with Gasteiger partial charge in [0.15, 0.2) is 11.6 Å². The van der Waals surface area contributed by atoms with Gasteiger partial charge in [0.2, 0.25) is 0 Å². The highest BCUT2D eigenvalue weighted by Crippen LogP contribution is 2.30. The molecule has 1 aromatic heterocycles. The number of aryl methyl sites for hydroxylation is 2. The highest BCUT2D eigenvalue weighted by molar-refractivity contribution is 6.25. The number of allylic oxidation sites excluding steroid dienone is 1. The lowest BCUT2D eigenvalue weighted by Crippen LogP contribution is -2.23. The highest BCUT2D eigenvalue weighted by atomic mass is 16.3. The number of ketones is 2. The third-order valence-electron chi connectivity index (χ3n) is 5.60. The highest BCUT2D eigenvalue weighted by Gasteiger charge is 2.29. The molecular weight excluding hydrogens is 368 g/mol. The Balaban J connectivity index is 1.94. The third kappa shape index (κ3) is 3.10. The van der Waals surface area contributed by atoms with Crippen molar-refractivity contribution in [3.05, 3.63) is 75.2 Å². The van der Waals surface area contributed by atoms with Crippen molar-refractivity contribution in [2.75, 3.05) is 0 Å². The molecule has 29 heavy (non-hydrogen) atoms. The monoisotopic (exact) mass is 390 g/mol. The number of hydrogen-bond acceptors (Lipinski definition) is 4. The van der Waals surface area contributed by atoms with E-state index in [1.165, 1.54) is 0 Å². The molecule has 0 amide bonds. The second kappa shape index (κ2) is 7.20. The van der Waals surface area contributed by atoms with Crippen LogP contribution in [0.4, 0.5) is 0 Å². The Morgan fingerprint density at radius 1 is 1.00 bits per heavy atom. The number of hydrogen-bond donors (Lipinski definition) is 1. The van der Waals surface area contributed by atoms with Crippen LogP contribution in [0.25, 0.3) is 16.8 Å². The number of imidazole rings is 1. The van der Waals surface area contributed by atoms with Gasteiger partial charge in [-0.25, -0.2) is 4.79 Å². The summed E-state index contributed by atoms with van der Waals surface area (Å²) in [5, 5.41) is 10.8. The molecule has 1 aliphatic rings. The molecule has 6 nitrogen and oxygen atoms in total. The van der Waals surface area contributed by atoms with Crippen molar-refractivity contribution in [2.24, 2.45) is 7.05 Å². The summed E-state index contributed by atoms with van der Waals surface area (Å²) in [5.41, 5.74) is 3.17. The molecule has 0 aliphatic heterocycles. The zero-order valence-electron chi connectivity index (χ0n) is 16.4. The second-order valence-electron chi connectivity index (χ2n) is 7.44. The predicted octanol–water partition coefficient (Wildman–Crippen LogP) is 3.29. The number of benzene rings is 2. The van der Waals surface area contributed by atoms with E-state index in [1.54, 1.807) is 35.2 Å². The maximum Gasteiger partial charge on any atom is 0.329 e. The summed E-state index contributed by atoms with van der Waals surface area (Å²) < 4.78 is 3.22. The first-order valence-electron chi connectivity index (χ1n) is 9.63. The number of carbonyl (C=O) groups excluding carboxylic acids is 2. The molecule has 6 heteroatoms. The number of Topliss-reactive ketones (excluding diaryl/α,β-unsaturated/α-hetero) is 2. The summed E-state index contributed by atoms with van der Waals surface area (Å²) in [7, 11) is 1.71. The van der Waals surface area contributed by atoms with Gasteiger partial charge < -0.3 is 5.11 Å². The Morgan fingerprint density at radius 2 is 1.66 bits per heavy atom. The summed E-state index contributed by atoms with van der Waals surface area (Å²) in [4.78, 5) is 37.4. The molecule has 2 aromatic carbocycles. The first-order chi connectivity index (χ1) is 13.9. The van der Waals surface area contributed by atoms with Crippen molar-refractivity contribution in [1.82, 2.24) is 9.13 Å². The minimum atomic E-state index is -0.326. The number of fused-ring (bicyclic) bond motifs is 1. The van der Waals surface area contributed by atoms with Crippen LogP contribution in [0.2, 0.25) is 0 Å². The summed E-state index contributed by atoms with van der Waals surface area (Å²) >= 11 is 0. The molecule has 0 saturated heterocycles. The van der Waals surface area contributed by atoms with Crippen molar-refractivity contribution in [2.45, 2.75) is 32.7 Å². The predicted molar refractivity (Wildman–Crippen MR) is 111 cm³/mol. The molecule has 3 aromatic rings. The van der Waals surface area contributed by atoms with Crippen molar-refractivity contribution >= 4 is 28.4 Å². The van der Waals surface area contributed by atoms with Crippen molar-refractivity contribution in [3.63, 3.8) is 0 Å². The summed E-state index contributed by atoms with van der Waals surface area (Å²) in [6.07, 6.45) is 1.04. The normalized spacial score (nSPS) is 14.6. The van der Waals surface area contributed by atoms with Gasteiger partial charge in [0, 0.05) is 25.5 Å². The van der Waals surface area contributed by atoms with E-state index in [2.05, 4.69) is 0 Å². The smallest absolute Gasteiger partial charge is 0.329 e. The number of aliphatic hydroxyl groups is 1. The van der Waals surface area contributed by atoms with Gasteiger partial charge in [-0.15, -0.1) is 0 Å². The molecular formula is C23H22N2O4. The second-order valence-corrected chi connectivity index (χ2v) is 7.44. The van der Waals surface area contributed by atoms with E-state index >= 15 is 0 Å². The fourth-order valence-corrected chi connectivity index (χ4v) is 4.06. The van der Waals surface area contributed by atoms with E-state index in [9.17, 15) is 19.5 Å². The minimum Gasteiger partial charge on any atom is -0.506 e. The van der Waals surface area contributed by atoms with E-state index in [0.29, 0.717) is 29.6 Å². The zero-order valence-corrected chi connectivity index (χ0v) is 16.4. The van der Waals surface area contributed by atoms with Crippen LogP contribution in [0.5, 0.6) is 0 Å². The maximum atomic E-state index is 12.9. The van der Waals surface area contributed by atoms with Crippen LogP contribution in [-0.2, 0) is 23.2 Å². The molecule has 0 atom stereocenters. The maximum absolute atomic E-state index is 12.9. The summed E-state index contributed by atoms with van der Waals surface area (Å²) in [6, 6.07) is 13.1. The topological polar surface area (TPSA) is 81.3 Å². The SMILES string of the molecule is Cc1c(C(O)=C2C(=O)CCCC2=O)ccc2c1n(Cc1ccccc1)c(=O)n2C. The lowest BCUT2D eigenvalue weighted by molar-refractivity contribution is -0.123. The lowest BCUT2D eigenvalue weighted by Gasteiger charge is -2.16. The van der Waals surface area contributed by atoms with Crippen LogP contribution in [0.15, 0.2) is 52.8 Å². The quantitative estimate of drug-likeness (QED) is 0.423. The Kier molecular flexibility index (Phi) is 4.70. The van der Waals surface area contributed by atoms with Crippen LogP contribution in [0.3, 0.4) is 0 Å². The van der Waals surface area contributed by atoms with E-state index in [-0.39, 0.29) is 41.4 Å². The number of aliphatic hydroxyl groups excluding tert-OH is 1. The largest absolute Gasteiger partial charge is 0.506 e. The Morgan fingerprint density at radius 3 is 2.31 bits per heavy atom. The van der Waals surface area contributed by atoms with Gasteiger partial charge in [-0.3, -0.25) is 18.7 Å². The van der Waals surface area contributed by atoms with Gasteiger partial charge in [-0.05, 0) is 36.6 Å². The van der Waals surface area contributed by atoms with Crippen molar-refractivity contribution in [3.8, 4) is 0 Å². The van der Waals surface area contributed by atoms with E-state index in [1.807, 2.05) is 30.3 Å². The average molecular weight is 390 g/mol. The van der Waals surface area contributed by atoms with Gasteiger partial charge in [-0.1, -0.05) is 30.3 Å². The number of carbonyl (C=O) groups is 2. The molecule has 0 spiro atoms. The third-order valence-corrected chi connectivity index (χ3v) is 5.60. The first kappa shape index (κ1) is 18.9. The Bertz CT molecular complexity index is 1210.